The smallest absolute Gasteiger partial charge is 0.228 e. The van der Waals surface area contributed by atoms with E-state index in [1.165, 1.54) is 6.33 Å². The lowest BCUT2D eigenvalue weighted by molar-refractivity contribution is -0.117. The van der Waals surface area contributed by atoms with E-state index in [0.717, 1.165) is 29.7 Å². The third-order valence-corrected chi connectivity index (χ3v) is 4.94. The molecule has 8 heteroatoms. The number of nitrogens with zero attached hydrogens (tertiary/aromatic N) is 4. The fourth-order valence-corrected chi connectivity index (χ4v) is 3.26. The van der Waals surface area contributed by atoms with Crippen molar-refractivity contribution in [1.29, 1.82) is 0 Å². The molecule has 4 aromatic rings. The Morgan fingerprint density at radius 1 is 1.21 bits per heavy atom. The number of nitrogens with one attached hydrogen (secondary N) is 2. The number of ether oxygens (including phenoxy) is 1. The van der Waals surface area contributed by atoms with Crippen molar-refractivity contribution in [2.45, 2.75) is 12.8 Å². The van der Waals surface area contributed by atoms with Gasteiger partial charge in [0.25, 0.3) is 0 Å². The summed E-state index contributed by atoms with van der Waals surface area (Å²) in [6.45, 7) is 0. The quantitative estimate of drug-likeness (QED) is 0.544. The molecule has 0 unspecified atom stereocenters. The summed E-state index contributed by atoms with van der Waals surface area (Å²) in [5, 5.41) is 10.1. The second kappa shape index (κ2) is 6.97. The average molecular weight is 386 g/mol. The second-order valence-electron chi connectivity index (χ2n) is 6.92. The number of H-pyrrole nitrogens is 1. The van der Waals surface area contributed by atoms with Crippen molar-refractivity contribution in [2.24, 2.45) is 5.92 Å². The molecule has 0 bridgehead atoms. The molecule has 0 atom stereocenters. The Bertz CT molecular complexity index is 1200. The first-order valence-electron chi connectivity index (χ1n) is 9.34. The molecule has 1 amide bonds. The predicted molar refractivity (Wildman–Crippen MR) is 108 cm³/mol. The Kier molecular flexibility index (Phi) is 4.16. The molecule has 1 saturated carbocycles. The second-order valence-corrected chi connectivity index (χ2v) is 6.92. The number of methoxy groups -OCH3 is 1. The highest BCUT2D eigenvalue weighted by atomic mass is 16.5. The first-order chi connectivity index (χ1) is 14.2. The summed E-state index contributed by atoms with van der Waals surface area (Å²) in [7, 11) is 1.54. The SMILES string of the molecule is COc1cc2ncnc(-c3cn[nH]c3-c3ccccc3)c2nc1NC(=O)C1CC1. The average Bonchev–Trinajstić information content (AvgIpc) is 3.50. The normalized spacial score (nSPS) is 13.4. The monoisotopic (exact) mass is 386 g/mol. The van der Waals surface area contributed by atoms with Crippen LogP contribution in [0.15, 0.2) is 48.9 Å². The number of pyridine rings is 1. The van der Waals surface area contributed by atoms with Gasteiger partial charge < -0.3 is 10.1 Å². The van der Waals surface area contributed by atoms with Crippen LogP contribution in [-0.2, 0) is 4.79 Å². The number of carbonyl (C=O) groups excluding carboxylic acids is 1. The summed E-state index contributed by atoms with van der Waals surface area (Å²) in [6.07, 6.45) is 5.03. The van der Waals surface area contributed by atoms with E-state index in [1.807, 2.05) is 30.3 Å². The van der Waals surface area contributed by atoms with Crippen LogP contribution < -0.4 is 10.1 Å². The molecule has 2 N–H and O–H groups in total. The minimum atomic E-state index is -0.0400. The molecule has 3 aromatic heterocycles. The van der Waals surface area contributed by atoms with Gasteiger partial charge in [0.05, 0.1) is 24.5 Å². The van der Waals surface area contributed by atoms with Gasteiger partial charge in [-0.2, -0.15) is 5.10 Å². The van der Waals surface area contributed by atoms with Crippen LogP contribution in [-0.4, -0.2) is 38.2 Å². The van der Waals surface area contributed by atoms with Gasteiger partial charge in [0.15, 0.2) is 11.6 Å². The number of anilines is 1. The highest BCUT2D eigenvalue weighted by Gasteiger charge is 2.30. The van der Waals surface area contributed by atoms with Crippen molar-refractivity contribution in [2.75, 3.05) is 12.4 Å². The Balaban J connectivity index is 1.65. The molecule has 3 heterocycles. The summed E-state index contributed by atoms with van der Waals surface area (Å²) in [5.74, 6) is 0.855. The number of carbonyl (C=O) groups is 1. The lowest BCUT2D eigenvalue weighted by Gasteiger charge is -2.12. The molecular formula is C21H18N6O2. The van der Waals surface area contributed by atoms with E-state index >= 15 is 0 Å². The maximum absolute atomic E-state index is 12.3. The Hall–Kier alpha value is -3.81. The van der Waals surface area contributed by atoms with E-state index in [2.05, 4.69) is 30.5 Å². The highest BCUT2D eigenvalue weighted by Crippen LogP contribution is 2.36. The number of hydrogen-bond donors (Lipinski definition) is 2. The molecule has 0 aliphatic heterocycles. The molecule has 0 radical (unpaired) electrons. The Labute approximate surface area is 166 Å². The molecule has 8 nitrogen and oxygen atoms in total. The topological polar surface area (TPSA) is 106 Å². The van der Waals surface area contributed by atoms with Crippen LogP contribution in [0.5, 0.6) is 5.75 Å². The van der Waals surface area contributed by atoms with Crippen LogP contribution in [0.2, 0.25) is 0 Å². The number of aromatic nitrogens is 5. The number of amides is 1. The largest absolute Gasteiger partial charge is 0.493 e. The summed E-state index contributed by atoms with van der Waals surface area (Å²) in [5.41, 5.74) is 4.46. The summed E-state index contributed by atoms with van der Waals surface area (Å²) >= 11 is 0. The lowest BCUT2D eigenvalue weighted by Crippen LogP contribution is -2.15. The third-order valence-electron chi connectivity index (χ3n) is 4.94. The van der Waals surface area contributed by atoms with E-state index in [1.54, 1.807) is 19.4 Å². The van der Waals surface area contributed by atoms with Crippen LogP contribution in [0.3, 0.4) is 0 Å². The zero-order chi connectivity index (χ0) is 19.8. The zero-order valence-electron chi connectivity index (χ0n) is 15.7. The molecule has 0 spiro atoms. The molecule has 1 fully saturated rings. The van der Waals surface area contributed by atoms with E-state index in [9.17, 15) is 4.79 Å². The van der Waals surface area contributed by atoms with E-state index in [4.69, 9.17) is 4.74 Å². The van der Waals surface area contributed by atoms with Gasteiger partial charge in [-0.1, -0.05) is 30.3 Å². The number of fused-ring (bicyclic) bond motifs is 1. The molecule has 29 heavy (non-hydrogen) atoms. The van der Waals surface area contributed by atoms with Crippen molar-refractivity contribution in [3.8, 4) is 28.3 Å². The number of hydrogen-bond acceptors (Lipinski definition) is 6. The minimum Gasteiger partial charge on any atom is -0.493 e. The van der Waals surface area contributed by atoms with E-state index in [-0.39, 0.29) is 11.8 Å². The number of rotatable bonds is 5. The molecule has 0 saturated heterocycles. The van der Waals surface area contributed by atoms with E-state index < -0.39 is 0 Å². The molecular weight excluding hydrogens is 368 g/mol. The predicted octanol–water partition coefficient (Wildman–Crippen LogP) is 3.44. The first kappa shape index (κ1) is 17.3. The van der Waals surface area contributed by atoms with Crippen molar-refractivity contribution < 1.29 is 9.53 Å². The van der Waals surface area contributed by atoms with Crippen molar-refractivity contribution in [1.82, 2.24) is 25.1 Å². The number of aromatic amines is 1. The van der Waals surface area contributed by atoms with Gasteiger partial charge in [0.2, 0.25) is 5.91 Å². The molecule has 1 aromatic carbocycles. The van der Waals surface area contributed by atoms with Gasteiger partial charge in [-0.3, -0.25) is 9.89 Å². The Morgan fingerprint density at radius 2 is 2.03 bits per heavy atom. The molecule has 1 aliphatic carbocycles. The molecule has 144 valence electrons. The first-order valence-corrected chi connectivity index (χ1v) is 9.34. The molecule has 5 rings (SSSR count). The van der Waals surface area contributed by atoms with Crippen molar-refractivity contribution in [3.05, 3.63) is 48.9 Å². The van der Waals surface area contributed by atoms with Crippen molar-refractivity contribution in [3.63, 3.8) is 0 Å². The number of benzene rings is 1. The maximum Gasteiger partial charge on any atom is 0.228 e. The summed E-state index contributed by atoms with van der Waals surface area (Å²) < 4.78 is 5.42. The van der Waals surface area contributed by atoms with Crippen molar-refractivity contribution >= 4 is 22.8 Å². The maximum atomic E-state index is 12.3. The standard InChI is InChI=1S/C21H18N6O2/c1-29-16-9-15-19(25-20(16)26-21(28)13-7-8-13)18(23-11-22-15)14-10-24-27-17(14)12-5-3-2-4-6-12/h2-6,9-11,13H,7-8H2,1H3,(H,24,27)(H,25,26,28). The van der Waals surface area contributed by atoms with Crippen LogP contribution >= 0.6 is 0 Å². The van der Waals surface area contributed by atoms with Crippen LogP contribution in [0.25, 0.3) is 33.5 Å². The fraction of sp³-hybridized carbons (Fsp3) is 0.190. The Morgan fingerprint density at radius 3 is 2.79 bits per heavy atom. The van der Waals surface area contributed by atoms with Crippen LogP contribution in [0, 0.1) is 5.92 Å². The summed E-state index contributed by atoms with van der Waals surface area (Å²) in [4.78, 5) is 25.7. The van der Waals surface area contributed by atoms with Gasteiger partial charge in [0.1, 0.15) is 17.5 Å². The van der Waals surface area contributed by atoms with Gasteiger partial charge in [-0.25, -0.2) is 15.0 Å². The lowest BCUT2D eigenvalue weighted by atomic mass is 10.0. The van der Waals surface area contributed by atoms with Crippen LogP contribution in [0.1, 0.15) is 12.8 Å². The minimum absolute atomic E-state index is 0.0400. The van der Waals surface area contributed by atoms with Gasteiger partial charge in [-0.05, 0) is 12.8 Å². The molecule has 1 aliphatic rings. The zero-order valence-corrected chi connectivity index (χ0v) is 15.7. The van der Waals surface area contributed by atoms with Gasteiger partial charge in [0, 0.05) is 23.1 Å². The van der Waals surface area contributed by atoms with Gasteiger partial charge >= 0.3 is 0 Å². The van der Waals surface area contributed by atoms with Crippen LogP contribution in [0.4, 0.5) is 5.82 Å². The third kappa shape index (κ3) is 3.18. The summed E-state index contributed by atoms with van der Waals surface area (Å²) in [6, 6.07) is 11.6. The van der Waals surface area contributed by atoms with E-state index in [0.29, 0.717) is 28.3 Å². The van der Waals surface area contributed by atoms with Gasteiger partial charge in [-0.15, -0.1) is 0 Å². The fourth-order valence-electron chi connectivity index (χ4n) is 3.26. The highest BCUT2D eigenvalue weighted by molar-refractivity contribution is 5.98.